The van der Waals surface area contributed by atoms with E-state index in [0.717, 1.165) is 6.07 Å². The molecule has 116 valence electrons. The molecule has 0 fully saturated rings. The number of esters is 1. The van der Waals surface area contributed by atoms with Gasteiger partial charge >= 0.3 is 11.7 Å². The highest BCUT2D eigenvalue weighted by Gasteiger charge is 2.24. The fraction of sp³-hybridized carbons (Fsp3) is 0.538. The van der Waals surface area contributed by atoms with Crippen molar-refractivity contribution in [3.05, 3.63) is 27.9 Å². The molecule has 8 heteroatoms. The van der Waals surface area contributed by atoms with Crippen LogP contribution in [-0.2, 0) is 4.74 Å². The molecule has 0 aliphatic rings. The lowest BCUT2D eigenvalue weighted by Gasteiger charge is -2.26. The lowest BCUT2D eigenvalue weighted by atomic mass is 9.89. The Bertz CT molecular complexity index is 539. The van der Waals surface area contributed by atoms with Crippen LogP contribution >= 0.6 is 0 Å². The first-order chi connectivity index (χ1) is 9.66. The first-order valence-electron chi connectivity index (χ1n) is 6.31. The molecule has 0 radical (unpaired) electrons. The van der Waals surface area contributed by atoms with Crippen LogP contribution in [0.1, 0.15) is 31.1 Å². The molecule has 1 rings (SSSR count). The van der Waals surface area contributed by atoms with Crippen LogP contribution in [0.3, 0.4) is 0 Å². The molecule has 1 aromatic heterocycles. The van der Waals surface area contributed by atoms with Crippen LogP contribution in [0.2, 0.25) is 0 Å². The van der Waals surface area contributed by atoms with Gasteiger partial charge in [-0.1, -0.05) is 20.8 Å². The topological polar surface area (TPSA) is 115 Å². The molecule has 1 heterocycles. The van der Waals surface area contributed by atoms with Gasteiger partial charge in [0.15, 0.2) is 0 Å². The molecule has 8 nitrogen and oxygen atoms in total. The lowest BCUT2D eigenvalue weighted by molar-refractivity contribution is -0.384. The number of pyridine rings is 1. The van der Waals surface area contributed by atoms with Gasteiger partial charge in [0.25, 0.3) is 0 Å². The lowest BCUT2D eigenvalue weighted by Crippen LogP contribution is -2.33. The predicted octanol–water partition coefficient (Wildman–Crippen LogP) is 1.60. The average Bonchev–Trinajstić information content (AvgIpc) is 2.42. The standard InChI is InChI=1S/C13H19N3O5/c1-13(2,3)10(17)7-15-11-9(16(19)20)5-8(6-14-11)12(18)21-4/h5-6,10,17H,7H2,1-4H3,(H,14,15). The van der Waals surface area contributed by atoms with Crippen molar-refractivity contribution < 1.29 is 19.6 Å². The molecule has 0 aromatic carbocycles. The van der Waals surface area contributed by atoms with Gasteiger partial charge in [-0.05, 0) is 5.41 Å². The van der Waals surface area contributed by atoms with Crippen molar-refractivity contribution in [3.63, 3.8) is 0 Å². The van der Waals surface area contributed by atoms with Crippen LogP contribution in [0.15, 0.2) is 12.3 Å². The van der Waals surface area contributed by atoms with Crippen molar-refractivity contribution in [1.29, 1.82) is 0 Å². The number of methoxy groups -OCH3 is 1. The highest BCUT2D eigenvalue weighted by molar-refractivity contribution is 5.90. The summed E-state index contributed by atoms with van der Waals surface area (Å²) in [5, 5.41) is 23.7. The smallest absolute Gasteiger partial charge is 0.339 e. The molecule has 0 bridgehead atoms. The molecule has 0 aliphatic carbocycles. The van der Waals surface area contributed by atoms with Crippen LogP contribution < -0.4 is 5.32 Å². The summed E-state index contributed by atoms with van der Waals surface area (Å²) in [6.07, 6.45) is 0.476. The number of hydrogen-bond donors (Lipinski definition) is 2. The van der Waals surface area contributed by atoms with Crippen LogP contribution in [-0.4, -0.2) is 40.7 Å². The Labute approximate surface area is 122 Å². The van der Waals surface area contributed by atoms with Gasteiger partial charge in [0.2, 0.25) is 5.82 Å². The third kappa shape index (κ3) is 4.38. The van der Waals surface area contributed by atoms with Crippen molar-refractivity contribution in [3.8, 4) is 0 Å². The molecule has 21 heavy (non-hydrogen) atoms. The van der Waals surface area contributed by atoms with Crippen molar-refractivity contribution in [1.82, 2.24) is 4.98 Å². The number of aliphatic hydroxyl groups is 1. The molecule has 0 aliphatic heterocycles. The van der Waals surface area contributed by atoms with Crippen LogP contribution in [0.25, 0.3) is 0 Å². The summed E-state index contributed by atoms with van der Waals surface area (Å²) in [5.41, 5.74) is -0.724. The fourth-order valence-corrected chi connectivity index (χ4v) is 1.46. The number of aliphatic hydroxyl groups excluding tert-OH is 1. The summed E-state index contributed by atoms with van der Waals surface area (Å²) in [4.78, 5) is 25.6. The number of nitro groups is 1. The van der Waals surface area contributed by atoms with Gasteiger partial charge < -0.3 is 15.2 Å². The van der Waals surface area contributed by atoms with Gasteiger partial charge in [0, 0.05) is 18.8 Å². The SMILES string of the molecule is COC(=O)c1cnc(NCC(O)C(C)(C)C)c([N+](=O)[O-])c1. The number of anilines is 1. The first kappa shape index (κ1) is 16.8. The van der Waals surface area contributed by atoms with Crippen LogP contribution in [0, 0.1) is 15.5 Å². The molecule has 1 atom stereocenters. The first-order valence-corrected chi connectivity index (χ1v) is 6.31. The monoisotopic (exact) mass is 297 g/mol. The number of nitrogens with one attached hydrogen (secondary N) is 1. The number of nitrogens with zero attached hydrogens (tertiary/aromatic N) is 2. The largest absolute Gasteiger partial charge is 0.465 e. The van der Waals surface area contributed by atoms with E-state index in [2.05, 4.69) is 15.0 Å². The average molecular weight is 297 g/mol. The molecule has 0 spiro atoms. The van der Waals surface area contributed by atoms with Crippen molar-refractivity contribution >= 4 is 17.5 Å². The summed E-state index contributed by atoms with van der Waals surface area (Å²) in [6, 6.07) is 1.09. The summed E-state index contributed by atoms with van der Waals surface area (Å²) in [7, 11) is 1.18. The Morgan fingerprint density at radius 2 is 2.19 bits per heavy atom. The van der Waals surface area contributed by atoms with E-state index in [1.54, 1.807) is 0 Å². The maximum atomic E-state index is 11.4. The highest BCUT2D eigenvalue weighted by Crippen LogP contribution is 2.25. The molecule has 1 unspecified atom stereocenters. The van der Waals surface area contributed by atoms with E-state index in [1.807, 2.05) is 20.8 Å². The normalized spacial score (nSPS) is 12.6. The summed E-state index contributed by atoms with van der Waals surface area (Å²) in [5.74, 6) is -0.706. The van der Waals surface area contributed by atoms with Gasteiger partial charge in [-0.2, -0.15) is 0 Å². The van der Waals surface area contributed by atoms with E-state index in [0.29, 0.717) is 0 Å². The Hall–Kier alpha value is -2.22. The van der Waals surface area contributed by atoms with Gasteiger partial charge in [-0.15, -0.1) is 0 Å². The van der Waals surface area contributed by atoms with Crippen LogP contribution in [0.5, 0.6) is 0 Å². The van der Waals surface area contributed by atoms with Gasteiger partial charge in [-0.3, -0.25) is 10.1 Å². The molecule has 1 aromatic rings. The molecule has 0 saturated heterocycles. The highest BCUT2D eigenvalue weighted by atomic mass is 16.6. The molecule has 0 amide bonds. The summed E-state index contributed by atoms with van der Waals surface area (Å²) < 4.78 is 4.49. The number of rotatable bonds is 5. The van der Waals surface area contributed by atoms with E-state index >= 15 is 0 Å². The molecule has 2 N–H and O–H groups in total. The second-order valence-corrected chi connectivity index (χ2v) is 5.60. The number of ether oxygens (including phenoxy) is 1. The van der Waals surface area contributed by atoms with Crippen molar-refractivity contribution in [2.45, 2.75) is 26.9 Å². The van der Waals surface area contributed by atoms with Gasteiger partial charge in [0.05, 0.1) is 23.7 Å². The minimum absolute atomic E-state index is 0.00375. The summed E-state index contributed by atoms with van der Waals surface area (Å²) >= 11 is 0. The number of aromatic nitrogens is 1. The zero-order valence-electron chi connectivity index (χ0n) is 12.4. The van der Waals surface area contributed by atoms with E-state index in [-0.39, 0.29) is 29.0 Å². The molecule has 0 saturated carbocycles. The minimum atomic E-state index is -0.709. The van der Waals surface area contributed by atoms with Crippen molar-refractivity contribution in [2.75, 3.05) is 19.0 Å². The third-order valence-electron chi connectivity index (χ3n) is 2.95. The molecular weight excluding hydrogens is 278 g/mol. The van der Waals surface area contributed by atoms with E-state index in [9.17, 15) is 20.0 Å². The Morgan fingerprint density at radius 3 is 2.67 bits per heavy atom. The zero-order chi connectivity index (χ0) is 16.2. The quantitative estimate of drug-likeness (QED) is 0.482. The van der Waals surface area contributed by atoms with Gasteiger partial charge in [0.1, 0.15) is 0 Å². The van der Waals surface area contributed by atoms with Gasteiger partial charge in [-0.25, -0.2) is 9.78 Å². The third-order valence-corrected chi connectivity index (χ3v) is 2.95. The fourth-order valence-electron chi connectivity index (χ4n) is 1.46. The van der Waals surface area contributed by atoms with Crippen LogP contribution in [0.4, 0.5) is 11.5 Å². The minimum Gasteiger partial charge on any atom is -0.465 e. The van der Waals surface area contributed by atoms with E-state index in [1.165, 1.54) is 13.3 Å². The zero-order valence-corrected chi connectivity index (χ0v) is 12.4. The number of carbonyl (C=O) groups is 1. The maximum absolute atomic E-state index is 11.4. The Morgan fingerprint density at radius 1 is 1.57 bits per heavy atom. The molecular formula is C13H19N3O5. The Kier molecular flexibility index (Phi) is 5.20. The van der Waals surface area contributed by atoms with Crippen molar-refractivity contribution in [2.24, 2.45) is 5.41 Å². The van der Waals surface area contributed by atoms with E-state index < -0.39 is 17.0 Å². The maximum Gasteiger partial charge on any atom is 0.339 e. The second-order valence-electron chi connectivity index (χ2n) is 5.60. The number of carbonyl (C=O) groups excluding carboxylic acids is 1. The number of hydrogen-bond acceptors (Lipinski definition) is 7. The van der Waals surface area contributed by atoms with E-state index in [4.69, 9.17) is 0 Å². The Balaban J connectivity index is 2.97. The second kappa shape index (κ2) is 6.49. The predicted molar refractivity (Wildman–Crippen MR) is 76.2 cm³/mol. The summed E-state index contributed by atoms with van der Waals surface area (Å²) in [6.45, 7) is 5.65.